The van der Waals surface area contributed by atoms with Gasteiger partial charge in [-0.1, -0.05) is 6.07 Å². The van der Waals surface area contributed by atoms with E-state index in [1.807, 2.05) is 0 Å². The molecule has 1 aromatic rings. The van der Waals surface area contributed by atoms with Crippen molar-refractivity contribution in [3.05, 3.63) is 24.3 Å². The number of cyclic esters (lactones) is 1. The van der Waals surface area contributed by atoms with Crippen LogP contribution in [0.25, 0.3) is 0 Å². The molecule has 0 spiro atoms. The van der Waals surface area contributed by atoms with Crippen LogP contribution in [0.15, 0.2) is 24.3 Å². The van der Waals surface area contributed by atoms with Crippen LogP contribution in [-0.2, 0) is 14.3 Å². The van der Waals surface area contributed by atoms with E-state index in [-0.39, 0.29) is 19.6 Å². The topological polar surface area (TPSA) is 111 Å². The zero-order valence-corrected chi connectivity index (χ0v) is 13.9. The van der Waals surface area contributed by atoms with Crippen molar-refractivity contribution in [1.82, 2.24) is 10.2 Å². The number of piperazine rings is 1. The summed E-state index contributed by atoms with van der Waals surface area (Å²) >= 11 is 0. The van der Waals surface area contributed by atoms with Crippen molar-refractivity contribution in [2.24, 2.45) is 0 Å². The zero-order chi connectivity index (χ0) is 18.7. The smallest absolute Gasteiger partial charge is 0.408 e. The summed E-state index contributed by atoms with van der Waals surface area (Å²) in [5.41, 5.74) is 1.17. The fourth-order valence-electron chi connectivity index (χ4n) is 2.88. The number of amides is 3. The van der Waals surface area contributed by atoms with E-state index in [0.29, 0.717) is 17.9 Å². The third-order valence-electron chi connectivity index (χ3n) is 4.23. The Kier molecular flexibility index (Phi) is 5.21. The monoisotopic (exact) mass is 366 g/mol. The second-order valence-electron chi connectivity index (χ2n) is 5.94. The highest BCUT2D eigenvalue weighted by molar-refractivity contribution is 5.97. The van der Waals surface area contributed by atoms with Crippen molar-refractivity contribution in [1.29, 1.82) is 0 Å². The number of hydrogen-bond acceptors (Lipinski definition) is 6. The van der Waals surface area contributed by atoms with Gasteiger partial charge < -0.3 is 30.3 Å². The SMILES string of the molecule is O=C1NC[C@H](C(=O)Nc2cccc(N3CCN(C(=O)CO)C(F)C3)c2)O1. The minimum absolute atomic E-state index is 0.0344. The van der Waals surface area contributed by atoms with Crippen LogP contribution >= 0.6 is 0 Å². The van der Waals surface area contributed by atoms with Crippen LogP contribution in [0.1, 0.15) is 0 Å². The average Bonchev–Trinajstić information content (AvgIpc) is 3.08. The highest BCUT2D eigenvalue weighted by Crippen LogP contribution is 2.23. The molecule has 0 radical (unpaired) electrons. The molecule has 0 aromatic heterocycles. The molecule has 10 heteroatoms. The number of hydrogen-bond donors (Lipinski definition) is 3. The Hall–Kier alpha value is -2.88. The number of carbonyl (C=O) groups excluding carboxylic acids is 3. The summed E-state index contributed by atoms with van der Waals surface area (Å²) in [6.45, 7) is -0.0981. The fourth-order valence-corrected chi connectivity index (χ4v) is 2.88. The van der Waals surface area contributed by atoms with Gasteiger partial charge in [-0.2, -0.15) is 0 Å². The summed E-state index contributed by atoms with van der Waals surface area (Å²) in [5.74, 6) is -1.10. The maximum Gasteiger partial charge on any atom is 0.408 e. The zero-order valence-electron chi connectivity index (χ0n) is 13.9. The van der Waals surface area contributed by atoms with E-state index < -0.39 is 36.9 Å². The lowest BCUT2D eigenvalue weighted by molar-refractivity contribution is -0.140. The maximum absolute atomic E-state index is 14.2. The van der Waals surface area contributed by atoms with Gasteiger partial charge in [0.25, 0.3) is 11.8 Å². The van der Waals surface area contributed by atoms with Crippen LogP contribution in [-0.4, -0.2) is 73.1 Å². The minimum Gasteiger partial charge on any atom is -0.434 e. The molecule has 1 unspecified atom stereocenters. The molecule has 3 amide bonds. The van der Waals surface area contributed by atoms with Crippen LogP contribution in [0, 0.1) is 0 Å². The first kappa shape index (κ1) is 17.9. The Morgan fingerprint density at radius 3 is 2.85 bits per heavy atom. The summed E-state index contributed by atoms with van der Waals surface area (Å²) in [6.07, 6.45) is -3.05. The van der Waals surface area contributed by atoms with Crippen LogP contribution in [0.3, 0.4) is 0 Å². The number of nitrogens with zero attached hydrogens (tertiary/aromatic N) is 2. The third kappa shape index (κ3) is 3.85. The number of anilines is 2. The first-order chi connectivity index (χ1) is 12.5. The van der Waals surface area contributed by atoms with Gasteiger partial charge in [-0.15, -0.1) is 0 Å². The largest absolute Gasteiger partial charge is 0.434 e. The Labute approximate surface area is 148 Å². The Bertz CT molecular complexity index is 716. The van der Waals surface area contributed by atoms with E-state index in [1.165, 1.54) is 0 Å². The number of rotatable bonds is 4. The van der Waals surface area contributed by atoms with E-state index in [0.717, 1.165) is 4.90 Å². The van der Waals surface area contributed by atoms with E-state index in [4.69, 9.17) is 9.84 Å². The molecule has 2 aliphatic heterocycles. The summed E-state index contributed by atoms with van der Waals surface area (Å²) in [5, 5.41) is 13.9. The summed E-state index contributed by atoms with van der Waals surface area (Å²) in [4.78, 5) is 37.3. The number of halogens is 1. The first-order valence-corrected chi connectivity index (χ1v) is 8.12. The number of alkyl halides is 1. The molecule has 9 nitrogen and oxygen atoms in total. The van der Waals surface area contributed by atoms with Gasteiger partial charge in [-0.3, -0.25) is 9.59 Å². The molecule has 2 fully saturated rings. The number of alkyl carbamates (subject to hydrolysis) is 1. The molecule has 0 saturated carbocycles. The predicted molar refractivity (Wildman–Crippen MR) is 89.3 cm³/mol. The molecule has 3 rings (SSSR count). The molecule has 0 aliphatic carbocycles. The van der Waals surface area contributed by atoms with Gasteiger partial charge in [-0.05, 0) is 18.2 Å². The maximum atomic E-state index is 14.2. The van der Waals surface area contributed by atoms with Gasteiger partial charge in [-0.25, -0.2) is 9.18 Å². The number of carbonyl (C=O) groups is 3. The van der Waals surface area contributed by atoms with Crippen LogP contribution in [0.5, 0.6) is 0 Å². The molecule has 2 atom stereocenters. The molecule has 3 N–H and O–H groups in total. The number of ether oxygens (including phenoxy) is 1. The van der Waals surface area contributed by atoms with Crippen LogP contribution in [0.2, 0.25) is 0 Å². The van der Waals surface area contributed by atoms with Crippen LogP contribution in [0.4, 0.5) is 20.6 Å². The summed E-state index contributed by atoms with van der Waals surface area (Å²) < 4.78 is 19.0. The molecule has 1 aromatic carbocycles. The van der Waals surface area contributed by atoms with E-state index in [9.17, 15) is 18.8 Å². The second kappa shape index (κ2) is 7.56. The number of aliphatic hydroxyl groups is 1. The minimum atomic E-state index is -1.52. The predicted octanol–water partition coefficient (Wildman–Crippen LogP) is -0.330. The molecule has 2 aliphatic rings. The quantitative estimate of drug-likeness (QED) is 0.630. The van der Waals surface area contributed by atoms with E-state index >= 15 is 0 Å². The van der Waals surface area contributed by atoms with E-state index in [2.05, 4.69) is 10.6 Å². The standard InChI is InChI=1S/C16H19FN4O5/c17-13-8-20(4-5-21(13)14(23)9-22)11-3-1-2-10(6-11)19-15(24)12-7-18-16(25)26-12/h1-3,6,12-13,22H,4-5,7-9H2,(H,18,25)(H,19,24)/t12-,13?/m1/s1. The van der Waals surface area contributed by atoms with Crippen molar-refractivity contribution in [2.45, 2.75) is 12.4 Å². The molecule has 26 heavy (non-hydrogen) atoms. The van der Waals surface area contributed by atoms with E-state index in [1.54, 1.807) is 29.2 Å². The fraction of sp³-hybridized carbons (Fsp3) is 0.438. The van der Waals surface area contributed by atoms with Crippen molar-refractivity contribution in [3.63, 3.8) is 0 Å². The van der Waals surface area contributed by atoms with Gasteiger partial charge >= 0.3 is 6.09 Å². The van der Waals surface area contributed by atoms with Crippen molar-refractivity contribution < 1.29 is 28.6 Å². The molecule has 140 valence electrons. The lowest BCUT2D eigenvalue weighted by Gasteiger charge is -2.38. The summed E-state index contributed by atoms with van der Waals surface area (Å²) in [7, 11) is 0. The number of benzene rings is 1. The Morgan fingerprint density at radius 2 is 2.19 bits per heavy atom. The second-order valence-corrected chi connectivity index (χ2v) is 5.94. The molecule has 0 bridgehead atoms. The normalized spacial score (nSPS) is 22.6. The van der Waals surface area contributed by atoms with Crippen molar-refractivity contribution in [3.8, 4) is 0 Å². The van der Waals surface area contributed by atoms with Crippen molar-refractivity contribution in [2.75, 3.05) is 43.0 Å². The number of aliphatic hydroxyl groups excluding tert-OH is 1. The van der Waals surface area contributed by atoms with Gasteiger partial charge in [0.1, 0.15) is 6.61 Å². The van der Waals surface area contributed by atoms with Gasteiger partial charge in [0.2, 0.25) is 0 Å². The third-order valence-corrected chi connectivity index (χ3v) is 4.23. The Balaban J connectivity index is 1.63. The lowest BCUT2D eigenvalue weighted by Crippen LogP contribution is -2.54. The first-order valence-electron chi connectivity index (χ1n) is 8.12. The summed E-state index contributed by atoms with van der Waals surface area (Å²) in [6, 6.07) is 6.83. The molecular weight excluding hydrogens is 347 g/mol. The highest BCUT2D eigenvalue weighted by atomic mass is 19.1. The molecule has 2 heterocycles. The van der Waals surface area contributed by atoms with Gasteiger partial charge in [0, 0.05) is 24.5 Å². The van der Waals surface area contributed by atoms with Gasteiger partial charge in [0.15, 0.2) is 12.4 Å². The van der Waals surface area contributed by atoms with Crippen LogP contribution < -0.4 is 15.5 Å². The Morgan fingerprint density at radius 1 is 1.38 bits per heavy atom. The lowest BCUT2D eigenvalue weighted by atomic mass is 10.2. The molecular formula is C16H19FN4O5. The average molecular weight is 366 g/mol. The number of nitrogens with one attached hydrogen (secondary N) is 2. The van der Waals surface area contributed by atoms with Gasteiger partial charge in [0.05, 0.1) is 13.1 Å². The van der Waals surface area contributed by atoms with Crippen molar-refractivity contribution >= 4 is 29.3 Å². The highest BCUT2D eigenvalue weighted by Gasteiger charge is 2.31. The molecule has 2 saturated heterocycles.